The minimum atomic E-state index is -0.881. The molecule has 4 nitrogen and oxygen atoms in total. The monoisotopic (exact) mass is 234 g/mol. The fourth-order valence-electron chi connectivity index (χ4n) is 2.36. The summed E-state index contributed by atoms with van der Waals surface area (Å²) >= 11 is 0. The van der Waals surface area contributed by atoms with Crippen LogP contribution in [-0.2, 0) is 4.79 Å². The molecule has 1 aromatic carbocycles. The average molecular weight is 234 g/mol. The van der Waals surface area contributed by atoms with Crippen molar-refractivity contribution >= 4 is 11.6 Å². The van der Waals surface area contributed by atoms with E-state index in [4.69, 9.17) is 0 Å². The highest BCUT2D eigenvalue weighted by molar-refractivity contribution is 6.02. The highest BCUT2D eigenvalue weighted by Gasteiger charge is 2.34. The number of Topliss-reactive ketones (excluding diaryl/α,β-unsaturated/α-hetero) is 2. The Balaban J connectivity index is 2.41. The first-order chi connectivity index (χ1) is 8.00. The van der Waals surface area contributed by atoms with E-state index in [1.165, 1.54) is 13.0 Å². The number of aliphatic hydroxyl groups is 1. The van der Waals surface area contributed by atoms with Crippen LogP contribution in [0.1, 0.15) is 41.8 Å². The third-order valence-corrected chi connectivity index (χ3v) is 3.09. The summed E-state index contributed by atoms with van der Waals surface area (Å²) in [6, 6.07) is 4.59. The van der Waals surface area contributed by atoms with Gasteiger partial charge in [-0.2, -0.15) is 0 Å². The lowest BCUT2D eigenvalue weighted by Gasteiger charge is -2.27. The van der Waals surface area contributed by atoms with Gasteiger partial charge in [0.1, 0.15) is 11.5 Å². The lowest BCUT2D eigenvalue weighted by atomic mass is 9.78. The Morgan fingerprint density at radius 2 is 2.18 bits per heavy atom. The predicted octanol–water partition coefficient (Wildman–Crippen LogP) is 1.61. The quantitative estimate of drug-likeness (QED) is 0.815. The van der Waals surface area contributed by atoms with Gasteiger partial charge in [0, 0.05) is 23.5 Å². The molecule has 1 aliphatic carbocycles. The molecule has 0 aliphatic heterocycles. The van der Waals surface area contributed by atoms with Gasteiger partial charge in [-0.15, -0.1) is 0 Å². The number of phenols is 1. The van der Waals surface area contributed by atoms with Crippen molar-refractivity contribution in [3.8, 4) is 5.75 Å². The molecule has 0 saturated heterocycles. The van der Waals surface area contributed by atoms with Gasteiger partial charge in [-0.25, -0.2) is 0 Å². The van der Waals surface area contributed by atoms with Gasteiger partial charge in [-0.1, -0.05) is 12.1 Å². The summed E-state index contributed by atoms with van der Waals surface area (Å²) in [7, 11) is 0. The Kier molecular flexibility index (Phi) is 2.98. The van der Waals surface area contributed by atoms with Crippen molar-refractivity contribution < 1.29 is 19.8 Å². The topological polar surface area (TPSA) is 74.6 Å². The molecule has 0 amide bonds. The number of benzene rings is 1. The summed E-state index contributed by atoms with van der Waals surface area (Å²) in [5, 5.41) is 19.6. The summed E-state index contributed by atoms with van der Waals surface area (Å²) < 4.78 is 0. The largest absolute Gasteiger partial charge is 0.508 e. The second-order valence-corrected chi connectivity index (χ2v) is 4.46. The maximum atomic E-state index is 12.1. The third kappa shape index (κ3) is 2.08. The molecule has 1 unspecified atom stereocenters. The van der Waals surface area contributed by atoms with Gasteiger partial charge in [-0.3, -0.25) is 4.79 Å². The van der Waals surface area contributed by atoms with Crippen LogP contribution in [0.2, 0.25) is 0 Å². The molecule has 0 aromatic heterocycles. The van der Waals surface area contributed by atoms with E-state index in [1.54, 1.807) is 12.1 Å². The Morgan fingerprint density at radius 1 is 1.47 bits per heavy atom. The molecule has 0 radical (unpaired) electrons. The van der Waals surface area contributed by atoms with E-state index in [-0.39, 0.29) is 35.7 Å². The summed E-state index contributed by atoms with van der Waals surface area (Å²) in [6.07, 6.45) is -0.540. The van der Waals surface area contributed by atoms with Crippen LogP contribution in [0.4, 0.5) is 0 Å². The zero-order valence-electron chi connectivity index (χ0n) is 9.51. The van der Waals surface area contributed by atoms with Gasteiger partial charge >= 0.3 is 0 Å². The molecule has 4 heteroatoms. The van der Waals surface area contributed by atoms with E-state index in [0.717, 1.165) is 0 Å². The Morgan fingerprint density at radius 3 is 2.82 bits per heavy atom. The molecule has 17 heavy (non-hydrogen) atoms. The van der Waals surface area contributed by atoms with Gasteiger partial charge in [0.15, 0.2) is 5.78 Å². The molecule has 2 atom stereocenters. The van der Waals surface area contributed by atoms with Crippen molar-refractivity contribution in [2.24, 2.45) is 5.92 Å². The van der Waals surface area contributed by atoms with E-state index in [1.807, 2.05) is 0 Å². The van der Waals surface area contributed by atoms with Crippen LogP contribution in [0.25, 0.3) is 0 Å². The van der Waals surface area contributed by atoms with Gasteiger partial charge in [0.25, 0.3) is 0 Å². The Hall–Kier alpha value is -1.68. The summed E-state index contributed by atoms with van der Waals surface area (Å²) in [4.78, 5) is 23.1. The van der Waals surface area contributed by atoms with Crippen molar-refractivity contribution in [3.63, 3.8) is 0 Å². The minimum absolute atomic E-state index is 0.0652. The maximum Gasteiger partial charge on any atom is 0.167 e. The fraction of sp³-hybridized carbons (Fsp3) is 0.385. The second-order valence-electron chi connectivity index (χ2n) is 4.46. The summed E-state index contributed by atoms with van der Waals surface area (Å²) in [5.74, 6) is -0.781. The SMILES string of the molecule is CC(=O)CC1C[C@@H](O)c2c(O)cccc2C1=O. The Bertz CT molecular complexity index is 478. The second kappa shape index (κ2) is 4.30. The van der Waals surface area contributed by atoms with Crippen LogP contribution in [0.3, 0.4) is 0 Å². The molecule has 1 aliphatic rings. The van der Waals surface area contributed by atoms with E-state index >= 15 is 0 Å². The molecule has 2 N–H and O–H groups in total. The zero-order chi connectivity index (χ0) is 12.6. The zero-order valence-corrected chi connectivity index (χ0v) is 9.51. The molecular weight excluding hydrogens is 220 g/mol. The van der Waals surface area contributed by atoms with Gasteiger partial charge in [0.05, 0.1) is 6.10 Å². The standard InChI is InChI=1S/C13H14O4/c1-7(14)5-8-6-11(16)12-9(13(8)17)3-2-4-10(12)15/h2-4,8,11,15-16H,5-6H2,1H3/t8?,11-/m1/s1. The molecule has 90 valence electrons. The molecular formula is C13H14O4. The number of aliphatic hydroxyl groups excluding tert-OH is 1. The lowest BCUT2D eigenvalue weighted by Crippen LogP contribution is -2.27. The molecule has 0 spiro atoms. The molecule has 0 fully saturated rings. The van der Waals surface area contributed by atoms with E-state index in [9.17, 15) is 19.8 Å². The summed E-state index contributed by atoms with van der Waals surface area (Å²) in [6.45, 7) is 1.43. The lowest BCUT2D eigenvalue weighted by molar-refractivity contribution is -0.117. The number of fused-ring (bicyclic) bond motifs is 1. The number of carbonyl (C=O) groups is 2. The maximum absolute atomic E-state index is 12.1. The van der Waals surface area contributed by atoms with E-state index in [2.05, 4.69) is 0 Å². The van der Waals surface area contributed by atoms with E-state index < -0.39 is 12.0 Å². The first-order valence-corrected chi connectivity index (χ1v) is 5.54. The minimum Gasteiger partial charge on any atom is -0.508 e. The van der Waals surface area contributed by atoms with Gasteiger partial charge in [-0.05, 0) is 19.4 Å². The summed E-state index contributed by atoms with van der Waals surface area (Å²) in [5.41, 5.74) is 0.618. The van der Waals surface area contributed by atoms with Crippen LogP contribution in [0.15, 0.2) is 18.2 Å². The molecule has 2 rings (SSSR count). The fourth-order valence-corrected chi connectivity index (χ4v) is 2.36. The van der Waals surface area contributed by atoms with Crippen LogP contribution in [0.5, 0.6) is 5.75 Å². The smallest absolute Gasteiger partial charge is 0.167 e. The molecule has 1 aromatic rings. The predicted molar refractivity (Wildman–Crippen MR) is 60.8 cm³/mol. The van der Waals surface area contributed by atoms with Crippen molar-refractivity contribution in [1.29, 1.82) is 0 Å². The van der Waals surface area contributed by atoms with Crippen molar-refractivity contribution in [2.75, 3.05) is 0 Å². The number of ketones is 2. The highest BCUT2D eigenvalue weighted by Crippen LogP contribution is 2.39. The molecule has 0 saturated carbocycles. The number of hydrogen-bond acceptors (Lipinski definition) is 4. The highest BCUT2D eigenvalue weighted by atomic mass is 16.3. The van der Waals surface area contributed by atoms with Crippen LogP contribution in [0, 0.1) is 5.92 Å². The van der Waals surface area contributed by atoms with Crippen molar-refractivity contribution in [3.05, 3.63) is 29.3 Å². The molecule has 0 heterocycles. The number of carbonyl (C=O) groups excluding carboxylic acids is 2. The Labute approximate surface area is 98.9 Å². The number of rotatable bonds is 2. The van der Waals surface area contributed by atoms with Gasteiger partial charge in [0.2, 0.25) is 0 Å². The van der Waals surface area contributed by atoms with Crippen LogP contribution < -0.4 is 0 Å². The normalized spacial score (nSPS) is 23.3. The average Bonchev–Trinajstić information content (AvgIpc) is 2.24. The van der Waals surface area contributed by atoms with Crippen molar-refractivity contribution in [1.82, 2.24) is 0 Å². The number of hydrogen-bond donors (Lipinski definition) is 2. The number of aromatic hydroxyl groups is 1. The first kappa shape index (κ1) is 11.8. The van der Waals surface area contributed by atoms with E-state index in [0.29, 0.717) is 5.56 Å². The third-order valence-electron chi connectivity index (χ3n) is 3.09. The molecule has 0 bridgehead atoms. The van der Waals surface area contributed by atoms with Gasteiger partial charge < -0.3 is 15.0 Å². The number of phenolic OH excluding ortho intramolecular Hbond substituents is 1. The van der Waals surface area contributed by atoms with Crippen molar-refractivity contribution in [2.45, 2.75) is 25.9 Å². The van der Waals surface area contributed by atoms with Crippen LogP contribution >= 0.6 is 0 Å². The van der Waals surface area contributed by atoms with Crippen LogP contribution in [-0.4, -0.2) is 21.8 Å². The first-order valence-electron chi connectivity index (χ1n) is 5.54.